The molecule has 0 aliphatic carbocycles. The zero-order valence-electron chi connectivity index (χ0n) is 9.31. The smallest absolute Gasteiger partial charge is 0.445 e. The van der Waals surface area contributed by atoms with Crippen LogP contribution in [0.4, 0.5) is 18.3 Å². The summed E-state index contributed by atoms with van der Waals surface area (Å²) in [5.41, 5.74) is 0. The van der Waals surface area contributed by atoms with Crippen LogP contribution in [0, 0.1) is 11.8 Å². The Balaban J connectivity index is 1.97. The Hall–Kier alpha value is -1.38. The number of halogens is 3. The average molecular weight is 281 g/mol. The molecule has 1 unspecified atom stereocenters. The first kappa shape index (κ1) is 13.1. The molecule has 1 N–H and O–H groups in total. The topological polar surface area (TPSA) is 66.3 Å². The van der Waals surface area contributed by atoms with E-state index in [9.17, 15) is 18.0 Å². The molecule has 2 heterocycles. The molecule has 18 heavy (non-hydrogen) atoms. The van der Waals surface area contributed by atoms with Gasteiger partial charge in [-0.3, -0.25) is 4.79 Å². The number of aromatic nitrogens is 2. The summed E-state index contributed by atoms with van der Waals surface area (Å²) in [6, 6.07) is 0. The maximum absolute atomic E-state index is 12.3. The van der Waals surface area contributed by atoms with E-state index >= 15 is 0 Å². The van der Waals surface area contributed by atoms with Gasteiger partial charge in [-0.25, -0.2) is 0 Å². The molecular formula is C9H10F3N3O2S. The number of rotatable bonds is 3. The largest absolute Gasteiger partial charge is 0.481 e. The highest BCUT2D eigenvalue weighted by Crippen LogP contribution is 2.37. The van der Waals surface area contributed by atoms with Gasteiger partial charge in [-0.15, -0.1) is 10.2 Å². The monoisotopic (exact) mass is 281 g/mol. The van der Waals surface area contributed by atoms with E-state index in [0.717, 1.165) is 0 Å². The van der Waals surface area contributed by atoms with Crippen molar-refractivity contribution in [2.75, 3.05) is 18.0 Å². The van der Waals surface area contributed by atoms with Crippen molar-refractivity contribution in [1.82, 2.24) is 10.2 Å². The molecule has 5 nitrogen and oxygen atoms in total. The summed E-state index contributed by atoms with van der Waals surface area (Å²) in [7, 11) is 0. The number of carboxylic acids is 1. The van der Waals surface area contributed by atoms with Crippen molar-refractivity contribution in [2.24, 2.45) is 11.8 Å². The van der Waals surface area contributed by atoms with Gasteiger partial charge < -0.3 is 10.0 Å². The van der Waals surface area contributed by atoms with Crippen molar-refractivity contribution in [3.05, 3.63) is 5.01 Å². The van der Waals surface area contributed by atoms with Crippen molar-refractivity contribution >= 4 is 22.4 Å². The number of aliphatic carboxylic acids is 1. The van der Waals surface area contributed by atoms with Crippen LogP contribution < -0.4 is 4.90 Å². The second kappa shape index (κ2) is 4.38. The van der Waals surface area contributed by atoms with Crippen LogP contribution in [0.25, 0.3) is 0 Å². The van der Waals surface area contributed by atoms with Crippen LogP contribution in [0.1, 0.15) is 11.9 Å². The Bertz CT molecular complexity index is 456. The van der Waals surface area contributed by atoms with E-state index < -0.39 is 23.1 Å². The lowest BCUT2D eigenvalue weighted by atomic mass is 9.87. The fraction of sp³-hybridized carbons (Fsp3) is 0.667. The predicted molar refractivity (Wildman–Crippen MR) is 57.4 cm³/mol. The van der Waals surface area contributed by atoms with Gasteiger partial charge in [-0.1, -0.05) is 18.3 Å². The summed E-state index contributed by atoms with van der Waals surface area (Å²) < 4.78 is 36.9. The van der Waals surface area contributed by atoms with Crippen LogP contribution in [-0.4, -0.2) is 34.4 Å². The van der Waals surface area contributed by atoms with E-state index in [0.29, 0.717) is 24.4 Å². The lowest BCUT2D eigenvalue weighted by molar-refractivity contribution is -0.143. The summed E-state index contributed by atoms with van der Waals surface area (Å²) >= 11 is 0.477. The first-order valence-corrected chi connectivity index (χ1v) is 5.99. The van der Waals surface area contributed by atoms with E-state index in [1.165, 1.54) is 0 Å². The van der Waals surface area contributed by atoms with Crippen molar-refractivity contribution in [3.63, 3.8) is 0 Å². The first-order chi connectivity index (χ1) is 8.29. The van der Waals surface area contributed by atoms with Crippen molar-refractivity contribution in [2.45, 2.75) is 13.1 Å². The van der Waals surface area contributed by atoms with Crippen LogP contribution in [-0.2, 0) is 11.0 Å². The Kier molecular flexibility index (Phi) is 3.18. The molecule has 0 amide bonds. The summed E-state index contributed by atoms with van der Waals surface area (Å²) in [6.45, 7) is 2.39. The van der Waals surface area contributed by atoms with E-state index in [-0.39, 0.29) is 11.0 Å². The molecule has 0 aromatic carbocycles. The number of nitrogens with zero attached hydrogens (tertiary/aromatic N) is 3. The number of hydrogen-bond acceptors (Lipinski definition) is 5. The second-order valence-corrected chi connectivity index (χ2v) is 5.14. The fourth-order valence-electron chi connectivity index (χ4n) is 1.64. The van der Waals surface area contributed by atoms with Gasteiger partial charge in [0.1, 0.15) is 0 Å². The van der Waals surface area contributed by atoms with Crippen molar-refractivity contribution in [3.8, 4) is 0 Å². The molecule has 1 atom stereocenters. The number of carbonyl (C=O) groups is 1. The van der Waals surface area contributed by atoms with Crippen LogP contribution in [0.15, 0.2) is 0 Å². The summed E-state index contributed by atoms with van der Waals surface area (Å²) in [5.74, 6) is -1.45. The number of alkyl halides is 3. The Labute approximate surface area is 104 Å². The molecule has 0 saturated carbocycles. The third-order valence-corrected chi connectivity index (χ3v) is 3.96. The van der Waals surface area contributed by atoms with E-state index in [2.05, 4.69) is 10.2 Å². The standard InChI is InChI=1S/C9H10F3N3O2S/c1-4(6(16)17)5-2-15(3-5)8-14-13-7(18-8)9(10,11)12/h4-5H,2-3H2,1H3,(H,16,17). The van der Waals surface area contributed by atoms with Gasteiger partial charge in [0, 0.05) is 19.0 Å². The summed E-state index contributed by atoms with van der Waals surface area (Å²) in [6.07, 6.45) is -4.48. The Morgan fingerprint density at radius 3 is 2.56 bits per heavy atom. The Morgan fingerprint density at radius 2 is 2.11 bits per heavy atom. The molecule has 0 bridgehead atoms. The minimum atomic E-state index is -4.48. The summed E-state index contributed by atoms with van der Waals surface area (Å²) in [5, 5.41) is 14.6. The third-order valence-electron chi connectivity index (χ3n) is 2.93. The van der Waals surface area contributed by atoms with Gasteiger partial charge in [0.25, 0.3) is 0 Å². The fourth-order valence-corrected chi connectivity index (χ4v) is 2.37. The number of anilines is 1. The SMILES string of the molecule is CC(C(=O)O)C1CN(c2nnc(C(F)(F)F)s2)C1. The molecule has 0 radical (unpaired) electrons. The number of hydrogen-bond donors (Lipinski definition) is 1. The molecule has 1 aliphatic rings. The van der Waals surface area contributed by atoms with Gasteiger partial charge in [-0.2, -0.15) is 13.2 Å². The van der Waals surface area contributed by atoms with E-state index in [1.54, 1.807) is 11.8 Å². The molecule has 1 saturated heterocycles. The highest BCUT2D eigenvalue weighted by molar-refractivity contribution is 7.15. The van der Waals surface area contributed by atoms with Crippen molar-refractivity contribution in [1.29, 1.82) is 0 Å². The molecule has 1 aromatic rings. The van der Waals surface area contributed by atoms with Crippen LogP contribution in [0.2, 0.25) is 0 Å². The molecule has 100 valence electrons. The van der Waals surface area contributed by atoms with Crippen LogP contribution in [0.3, 0.4) is 0 Å². The zero-order valence-corrected chi connectivity index (χ0v) is 10.1. The highest BCUT2D eigenvalue weighted by atomic mass is 32.1. The van der Waals surface area contributed by atoms with Crippen molar-refractivity contribution < 1.29 is 23.1 Å². The highest BCUT2D eigenvalue weighted by Gasteiger charge is 2.39. The molecule has 1 aliphatic heterocycles. The third kappa shape index (κ3) is 2.40. The molecular weight excluding hydrogens is 271 g/mol. The lowest BCUT2D eigenvalue weighted by Gasteiger charge is -2.40. The maximum Gasteiger partial charge on any atom is 0.445 e. The normalized spacial score (nSPS) is 18.6. The molecule has 9 heteroatoms. The molecule has 1 aromatic heterocycles. The van der Waals surface area contributed by atoms with E-state index in [4.69, 9.17) is 5.11 Å². The van der Waals surface area contributed by atoms with Gasteiger partial charge in [0.05, 0.1) is 5.92 Å². The van der Waals surface area contributed by atoms with Gasteiger partial charge in [0.2, 0.25) is 10.1 Å². The molecule has 0 spiro atoms. The van der Waals surface area contributed by atoms with Gasteiger partial charge in [0.15, 0.2) is 0 Å². The van der Waals surface area contributed by atoms with Crippen LogP contribution >= 0.6 is 11.3 Å². The maximum atomic E-state index is 12.3. The van der Waals surface area contributed by atoms with Gasteiger partial charge >= 0.3 is 12.1 Å². The van der Waals surface area contributed by atoms with Gasteiger partial charge in [-0.05, 0) is 0 Å². The van der Waals surface area contributed by atoms with Crippen LogP contribution in [0.5, 0.6) is 0 Å². The second-order valence-electron chi connectivity index (χ2n) is 4.18. The first-order valence-electron chi connectivity index (χ1n) is 5.17. The minimum absolute atomic E-state index is 0.0549. The summed E-state index contributed by atoms with van der Waals surface area (Å²) in [4.78, 5) is 12.3. The number of carboxylic acid groups (broad SMARTS) is 1. The average Bonchev–Trinajstić information content (AvgIpc) is 2.63. The zero-order chi connectivity index (χ0) is 13.5. The molecule has 2 rings (SSSR count). The predicted octanol–water partition coefficient (Wildman–Crippen LogP) is 1.71. The lowest BCUT2D eigenvalue weighted by Crippen LogP contribution is -2.51. The Morgan fingerprint density at radius 1 is 1.50 bits per heavy atom. The molecule has 1 fully saturated rings. The quantitative estimate of drug-likeness (QED) is 0.913. The van der Waals surface area contributed by atoms with E-state index in [1.807, 2.05) is 0 Å². The minimum Gasteiger partial charge on any atom is -0.481 e.